The minimum atomic E-state index is -0.843. The van der Waals surface area contributed by atoms with Gasteiger partial charge in [0.1, 0.15) is 5.75 Å². The number of methoxy groups -OCH3 is 1. The van der Waals surface area contributed by atoms with E-state index < -0.39 is 18.0 Å². The maximum Gasteiger partial charge on any atom is 0.338 e. The van der Waals surface area contributed by atoms with Crippen LogP contribution < -0.4 is 20.1 Å². The average Bonchev–Trinajstić information content (AvgIpc) is 2.77. The first-order valence-electron chi connectivity index (χ1n) is 10.5. The third kappa shape index (κ3) is 5.72. The number of urea groups is 1. The summed E-state index contributed by atoms with van der Waals surface area (Å²) in [7, 11) is 1.56. The molecule has 1 aliphatic rings. The molecule has 0 saturated carbocycles. The Morgan fingerprint density at radius 3 is 2.30 bits per heavy atom. The fourth-order valence-electron chi connectivity index (χ4n) is 3.36. The third-order valence-corrected chi connectivity index (χ3v) is 5.42. The van der Waals surface area contributed by atoms with Crippen molar-refractivity contribution in [3.8, 4) is 11.5 Å². The summed E-state index contributed by atoms with van der Waals surface area (Å²) in [5, 5.41) is 6.06. The van der Waals surface area contributed by atoms with E-state index >= 15 is 0 Å². The summed E-state index contributed by atoms with van der Waals surface area (Å²) >= 11 is 12.9. The van der Waals surface area contributed by atoms with Gasteiger partial charge in [-0.15, -0.1) is 0 Å². The molecular formula is C24H26Cl2N2O5. The smallest absolute Gasteiger partial charge is 0.338 e. The normalized spacial score (nSPS) is 15.7. The molecular weight excluding hydrogens is 467 g/mol. The molecule has 33 heavy (non-hydrogen) atoms. The van der Waals surface area contributed by atoms with Crippen LogP contribution in [0.15, 0.2) is 42.0 Å². The fourth-order valence-corrected chi connectivity index (χ4v) is 3.98. The number of hydrogen-bond donors (Lipinski definition) is 2. The van der Waals surface area contributed by atoms with Gasteiger partial charge < -0.3 is 24.8 Å². The summed E-state index contributed by atoms with van der Waals surface area (Å²) in [6.45, 7) is 6.35. The summed E-state index contributed by atoms with van der Waals surface area (Å²) in [5.41, 5.74) is 1.69. The van der Waals surface area contributed by atoms with Crippen molar-refractivity contribution in [2.45, 2.75) is 26.8 Å². The van der Waals surface area contributed by atoms with Gasteiger partial charge in [-0.3, -0.25) is 0 Å². The Morgan fingerprint density at radius 2 is 1.76 bits per heavy atom. The zero-order valence-electron chi connectivity index (χ0n) is 18.8. The molecule has 7 nitrogen and oxygen atoms in total. The van der Waals surface area contributed by atoms with Crippen molar-refractivity contribution in [2.24, 2.45) is 5.92 Å². The van der Waals surface area contributed by atoms with Crippen LogP contribution in [0.5, 0.6) is 11.5 Å². The van der Waals surface area contributed by atoms with E-state index in [2.05, 4.69) is 10.6 Å². The van der Waals surface area contributed by atoms with Crippen molar-refractivity contribution >= 4 is 40.9 Å². The van der Waals surface area contributed by atoms with Gasteiger partial charge >= 0.3 is 12.0 Å². The monoisotopic (exact) mass is 492 g/mol. The predicted octanol–water partition coefficient (Wildman–Crippen LogP) is 5.37. The first-order chi connectivity index (χ1) is 15.7. The Hall–Kier alpha value is -2.90. The summed E-state index contributed by atoms with van der Waals surface area (Å²) in [6.07, 6.45) is 0. The lowest BCUT2D eigenvalue weighted by atomic mass is 9.92. The molecule has 1 atom stereocenters. The topological polar surface area (TPSA) is 85.9 Å². The zero-order chi connectivity index (χ0) is 24.1. The van der Waals surface area contributed by atoms with E-state index in [0.717, 1.165) is 0 Å². The highest BCUT2D eigenvalue weighted by Gasteiger charge is 2.35. The molecule has 2 amide bonds. The van der Waals surface area contributed by atoms with E-state index in [-0.39, 0.29) is 28.1 Å². The van der Waals surface area contributed by atoms with Crippen LogP contribution in [0.3, 0.4) is 0 Å². The van der Waals surface area contributed by atoms with Gasteiger partial charge in [-0.1, -0.05) is 37.0 Å². The Bertz CT molecular complexity index is 1040. The van der Waals surface area contributed by atoms with Crippen LogP contribution in [0.4, 0.5) is 4.79 Å². The van der Waals surface area contributed by atoms with Gasteiger partial charge in [0.05, 0.1) is 47.7 Å². The highest BCUT2D eigenvalue weighted by molar-refractivity contribution is 6.37. The van der Waals surface area contributed by atoms with Gasteiger partial charge in [0, 0.05) is 0 Å². The van der Waals surface area contributed by atoms with Crippen LogP contribution >= 0.6 is 23.2 Å². The highest BCUT2D eigenvalue weighted by atomic mass is 35.5. The molecule has 0 radical (unpaired) electrons. The van der Waals surface area contributed by atoms with Crippen molar-refractivity contribution in [1.29, 1.82) is 0 Å². The molecule has 2 N–H and O–H groups in total. The number of hydrogen-bond acceptors (Lipinski definition) is 5. The van der Waals surface area contributed by atoms with Gasteiger partial charge in [0.15, 0.2) is 5.75 Å². The minimum absolute atomic E-state index is 0.169. The number of carbonyl (C=O) groups is 2. The number of nitrogens with one attached hydrogen (secondary N) is 2. The quantitative estimate of drug-likeness (QED) is 0.484. The fraction of sp³-hybridized carbons (Fsp3) is 0.333. The van der Waals surface area contributed by atoms with E-state index in [9.17, 15) is 9.59 Å². The number of rotatable bonds is 8. The molecule has 0 bridgehead atoms. The Labute approximate surface area is 203 Å². The lowest BCUT2D eigenvalue weighted by Gasteiger charge is -2.30. The lowest BCUT2D eigenvalue weighted by Crippen LogP contribution is -2.45. The second-order valence-corrected chi connectivity index (χ2v) is 8.60. The predicted molar refractivity (Wildman–Crippen MR) is 128 cm³/mol. The molecule has 0 spiro atoms. The van der Waals surface area contributed by atoms with Crippen molar-refractivity contribution in [3.05, 3.63) is 63.1 Å². The summed E-state index contributed by atoms with van der Waals surface area (Å²) in [4.78, 5) is 25.6. The molecule has 2 aromatic carbocycles. The van der Waals surface area contributed by atoms with Crippen LogP contribution in [0, 0.1) is 5.92 Å². The molecule has 0 fully saturated rings. The van der Waals surface area contributed by atoms with Gasteiger partial charge in [-0.2, -0.15) is 0 Å². The highest BCUT2D eigenvalue weighted by Crippen LogP contribution is 2.40. The number of amides is 2. The van der Waals surface area contributed by atoms with E-state index in [1.807, 2.05) is 13.8 Å². The first kappa shape index (κ1) is 24.7. The number of esters is 1. The lowest BCUT2D eigenvalue weighted by molar-refractivity contribution is -0.138. The third-order valence-electron chi connectivity index (χ3n) is 4.86. The minimum Gasteiger partial charge on any atom is -0.497 e. The molecule has 1 unspecified atom stereocenters. The van der Waals surface area contributed by atoms with Crippen LogP contribution in [0.25, 0.3) is 5.70 Å². The molecule has 2 aromatic rings. The molecule has 1 heterocycles. The molecule has 0 aliphatic carbocycles. The number of carbonyl (C=O) groups excluding carboxylic acids is 2. The Kier molecular flexibility index (Phi) is 8.10. The van der Waals surface area contributed by atoms with Crippen LogP contribution in [0.2, 0.25) is 10.0 Å². The summed E-state index contributed by atoms with van der Waals surface area (Å²) < 4.78 is 16.3. The second-order valence-electron chi connectivity index (χ2n) is 7.79. The molecule has 0 aromatic heterocycles. The van der Waals surface area contributed by atoms with E-state index in [4.69, 9.17) is 37.4 Å². The standard InChI is InChI=1S/C24H26Cl2N2O5/c1-5-32-23(29)19-20(14-6-8-16(31-4)9-7-14)27-24(30)28-21(19)15-10-17(25)22(18(26)11-15)33-12-13(2)3/h6-11,13,21H,5,12H2,1-4H3,(H2,27,28,30). The molecule has 9 heteroatoms. The van der Waals surface area contributed by atoms with Crippen molar-refractivity contribution in [2.75, 3.05) is 20.3 Å². The second kappa shape index (κ2) is 10.8. The Balaban J connectivity index is 2.12. The van der Waals surface area contributed by atoms with Crippen LogP contribution in [0.1, 0.15) is 37.9 Å². The first-order valence-corrected chi connectivity index (χ1v) is 11.3. The van der Waals surface area contributed by atoms with Crippen LogP contribution in [-0.2, 0) is 9.53 Å². The average molecular weight is 493 g/mol. The molecule has 1 aliphatic heterocycles. The summed E-state index contributed by atoms with van der Waals surface area (Å²) in [6, 6.07) is 8.91. The van der Waals surface area contributed by atoms with E-state index in [0.29, 0.717) is 34.9 Å². The Morgan fingerprint density at radius 1 is 1.12 bits per heavy atom. The van der Waals surface area contributed by atoms with Crippen molar-refractivity contribution in [1.82, 2.24) is 10.6 Å². The zero-order valence-corrected chi connectivity index (χ0v) is 20.3. The van der Waals surface area contributed by atoms with E-state index in [1.54, 1.807) is 50.4 Å². The largest absolute Gasteiger partial charge is 0.497 e. The maximum atomic E-state index is 13.0. The van der Waals surface area contributed by atoms with Crippen LogP contribution in [-0.4, -0.2) is 32.3 Å². The summed E-state index contributed by atoms with van der Waals surface area (Å²) in [5.74, 6) is 0.705. The van der Waals surface area contributed by atoms with Crippen molar-refractivity contribution < 1.29 is 23.8 Å². The number of benzene rings is 2. The maximum absolute atomic E-state index is 13.0. The molecule has 176 valence electrons. The van der Waals surface area contributed by atoms with Gasteiger partial charge in [-0.25, -0.2) is 9.59 Å². The SMILES string of the molecule is CCOC(=O)C1=C(c2ccc(OC)cc2)NC(=O)NC1c1cc(Cl)c(OCC(C)C)c(Cl)c1. The molecule has 0 saturated heterocycles. The molecule has 3 rings (SSSR count). The van der Waals surface area contributed by atoms with Gasteiger partial charge in [0.2, 0.25) is 0 Å². The number of halogens is 2. The number of ether oxygens (including phenoxy) is 3. The van der Waals surface area contributed by atoms with Gasteiger partial charge in [-0.05, 0) is 60.4 Å². The van der Waals surface area contributed by atoms with Crippen molar-refractivity contribution in [3.63, 3.8) is 0 Å². The van der Waals surface area contributed by atoms with E-state index in [1.165, 1.54) is 0 Å². The van der Waals surface area contributed by atoms with Gasteiger partial charge in [0.25, 0.3) is 0 Å².